The smallest absolute Gasteiger partial charge is 0.227 e. The van der Waals surface area contributed by atoms with Crippen LogP contribution in [-0.2, 0) is 4.79 Å². The first kappa shape index (κ1) is 16.5. The molecule has 4 heteroatoms. The summed E-state index contributed by atoms with van der Waals surface area (Å²) < 4.78 is 1.07. The molecule has 21 heavy (non-hydrogen) atoms. The highest BCUT2D eigenvalue weighted by Crippen LogP contribution is 2.34. The van der Waals surface area contributed by atoms with Gasteiger partial charge in [-0.1, -0.05) is 41.9 Å². The number of amides is 1. The molecule has 1 aliphatic heterocycles. The van der Waals surface area contributed by atoms with Gasteiger partial charge in [-0.2, -0.15) is 0 Å². The Labute approximate surface area is 136 Å². The van der Waals surface area contributed by atoms with Crippen LogP contribution in [0.5, 0.6) is 0 Å². The van der Waals surface area contributed by atoms with Gasteiger partial charge in [-0.15, -0.1) is 0 Å². The Bertz CT molecular complexity index is 489. The molecule has 2 atom stereocenters. The van der Waals surface area contributed by atoms with Crippen molar-refractivity contribution in [2.45, 2.75) is 39.2 Å². The zero-order valence-electron chi connectivity index (χ0n) is 12.9. The number of hydrogen-bond acceptors (Lipinski definition) is 2. The number of hydrogen-bond donors (Lipinski definition) is 1. The number of likely N-dealkylation sites (tertiary alicyclic amines) is 1. The van der Waals surface area contributed by atoms with Crippen molar-refractivity contribution in [2.75, 3.05) is 13.1 Å². The average Bonchev–Trinajstić information content (AvgIpc) is 2.93. The van der Waals surface area contributed by atoms with E-state index in [1.165, 1.54) is 5.56 Å². The van der Waals surface area contributed by atoms with Crippen LogP contribution in [0, 0.1) is 11.8 Å². The Morgan fingerprint density at radius 3 is 2.86 bits per heavy atom. The Hall–Kier alpha value is -0.870. The summed E-state index contributed by atoms with van der Waals surface area (Å²) in [6.45, 7) is 5.58. The molecule has 2 unspecified atom stereocenters. The van der Waals surface area contributed by atoms with Crippen molar-refractivity contribution in [2.24, 2.45) is 17.6 Å². The van der Waals surface area contributed by atoms with Crippen LogP contribution in [0.3, 0.4) is 0 Å². The van der Waals surface area contributed by atoms with Crippen LogP contribution in [0.1, 0.15) is 44.7 Å². The first-order valence-corrected chi connectivity index (χ1v) is 8.58. The molecule has 1 saturated heterocycles. The van der Waals surface area contributed by atoms with E-state index in [0.717, 1.165) is 30.3 Å². The molecule has 3 nitrogen and oxygen atoms in total. The molecule has 0 radical (unpaired) electrons. The zero-order valence-corrected chi connectivity index (χ0v) is 14.5. The Kier molecular flexibility index (Phi) is 5.82. The summed E-state index contributed by atoms with van der Waals surface area (Å²) in [5.74, 6) is 0.681. The van der Waals surface area contributed by atoms with Crippen molar-refractivity contribution in [3.63, 3.8) is 0 Å². The van der Waals surface area contributed by atoms with E-state index >= 15 is 0 Å². The third-order valence-corrected chi connectivity index (χ3v) is 4.65. The summed E-state index contributed by atoms with van der Waals surface area (Å²) in [6, 6.07) is 8.49. The first-order valence-electron chi connectivity index (χ1n) is 7.79. The molecular formula is C17H25BrN2O. The second-order valence-electron chi connectivity index (χ2n) is 6.31. The maximum Gasteiger partial charge on any atom is 0.227 e. The summed E-state index contributed by atoms with van der Waals surface area (Å²) in [4.78, 5) is 14.9. The monoisotopic (exact) mass is 352 g/mol. The maximum absolute atomic E-state index is 12.8. The lowest BCUT2D eigenvalue weighted by molar-refractivity contribution is -0.136. The lowest BCUT2D eigenvalue weighted by Crippen LogP contribution is -2.39. The molecule has 1 aromatic rings. The molecule has 0 aliphatic carbocycles. The minimum absolute atomic E-state index is 0.0437. The predicted octanol–water partition coefficient (Wildman–Crippen LogP) is 3.73. The van der Waals surface area contributed by atoms with Gasteiger partial charge in [0.1, 0.15) is 0 Å². The van der Waals surface area contributed by atoms with E-state index in [1.54, 1.807) is 0 Å². The van der Waals surface area contributed by atoms with Gasteiger partial charge in [0.15, 0.2) is 0 Å². The minimum Gasteiger partial charge on any atom is -0.335 e. The topological polar surface area (TPSA) is 46.3 Å². The number of carbonyl (C=O) groups is 1. The first-order chi connectivity index (χ1) is 10.0. The summed E-state index contributed by atoms with van der Waals surface area (Å²) in [7, 11) is 0. The third kappa shape index (κ3) is 4.07. The predicted molar refractivity (Wildman–Crippen MR) is 89.8 cm³/mol. The Morgan fingerprint density at radius 2 is 2.24 bits per heavy atom. The summed E-state index contributed by atoms with van der Waals surface area (Å²) in [5, 5.41) is 0. The van der Waals surface area contributed by atoms with Crippen LogP contribution in [-0.4, -0.2) is 23.9 Å². The molecule has 2 rings (SSSR count). The molecule has 1 aliphatic rings. The normalized spacial score (nSPS) is 20.0. The van der Waals surface area contributed by atoms with Crippen LogP contribution in [0.15, 0.2) is 28.7 Å². The third-order valence-electron chi connectivity index (χ3n) is 4.16. The van der Waals surface area contributed by atoms with E-state index in [9.17, 15) is 4.79 Å². The van der Waals surface area contributed by atoms with Crippen molar-refractivity contribution in [1.29, 1.82) is 0 Å². The van der Waals surface area contributed by atoms with E-state index in [-0.39, 0.29) is 17.9 Å². The molecule has 2 N–H and O–H groups in total. The van der Waals surface area contributed by atoms with Crippen LogP contribution < -0.4 is 5.73 Å². The maximum atomic E-state index is 12.8. The quantitative estimate of drug-likeness (QED) is 0.877. The van der Waals surface area contributed by atoms with Gasteiger partial charge in [-0.05, 0) is 42.9 Å². The highest BCUT2D eigenvalue weighted by Gasteiger charge is 2.33. The number of nitrogens with zero attached hydrogens (tertiary/aromatic N) is 1. The average molecular weight is 353 g/mol. The Morgan fingerprint density at radius 1 is 1.48 bits per heavy atom. The van der Waals surface area contributed by atoms with Crippen LogP contribution in [0.25, 0.3) is 0 Å². The van der Waals surface area contributed by atoms with Gasteiger partial charge in [-0.25, -0.2) is 0 Å². The van der Waals surface area contributed by atoms with Gasteiger partial charge >= 0.3 is 0 Å². The molecule has 116 valence electrons. The molecule has 0 spiro atoms. The summed E-state index contributed by atoms with van der Waals surface area (Å²) in [6.07, 6.45) is 2.99. The molecule has 1 amide bonds. The number of carbonyl (C=O) groups excluding carboxylic acids is 1. The summed E-state index contributed by atoms with van der Waals surface area (Å²) in [5.41, 5.74) is 7.06. The number of halogens is 1. The van der Waals surface area contributed by atoms with Crippen molar-refractivity contribution in [1.82, 2.24) is 4.90 Å². The highest BCUT2D eigenvalue weighted by atomic mass is 79.9. The molecule has 1 aromatic carbocycles. The second-order valence-corrected chi connectivity index (χ2v) is 7.22. The van der Waals surface area contributed by atoms with Crippen molar-refractivity contribution < 1.29 is 4.79 Å². The molecule has 0 saturated carbocycles. The van der Waals surface area contributed by atoms with Gasteiger partial charge in [0.2, 0.25) is 5.91 Å². The number of benzene rings is 1. The van der Waals surface area contributed by atoms with E-state index in [4.69, 9.17) is 5.73 Å². The highest BCUT2D eigenvalue weighted by molar-refractivity contribution is 9.10. The van der Waals surface area contributed by atoms with Crippen molar-refractivity contribution >= 4 is 21.8 Å². The van der Waals surface area contributed by atoms with Gasteiger partial charge in [-0.3, -0.25) is 4.79 Å². The minimum atomic E-state index is -0.0437. The van der Waals surface area contributed by atoms with Crippen LogP contribution in [0.2, 0.25) is 0 Å². The van der Waals surface area contributed by atoms with Crippen LogP contribution in [0.4, 0.5) is 0 Å². The molecule has 0 bridgehead atoms. The van der Waals surface area contributed by atoms with Gasteiger partial charge in [0.05, 0.1) is 12.0 Å². The fourth-order valence-corrected chi connectivity index (χ4v) is 3.61. The molecule has 0 aromatic heterocycles. The standard InChI is InChI=1S/C17H25BrN2O/c1-12(2)9-14(11-19)17(21)20-8-4-7-16(20)13-5-3-6-15(18)10-13/h3,5-6,10,12,14,16H,4,7-9,11,19H2,1-2H3. The number of rotatable bonds is 5. The van der Waals surface area contributed by atoms with Crippen LogP contribution >= 0.6 is 15.9 Å². The van der Waals surface area contributed by atoms with Gasteiger partial charge < -0.3 is 10.6 Å². The fourth-order valence-electron chi connectivity index (χ4n) is 3.19. The SMILES string of the molecule is CC(C)CC(CN)C(=O)N1CCCC1c1cccc(Br)c1. The van der Waals surface area contributed by atoms with Gasteiger partial charge in [0, 0.05) is 17.6 Å². The van der Waals surface area contributed by atoms with Crippen molar-refractivity contribution in [3.8, 4) is 0 Å². The Balaban J connectivity index is 2.16. The zero-order chi connectivity index (χ0) is 15.4. The van der Waals surface area contributed by atoms with E-state index < -0.39 is 0 Å². The molecule has 1 heterocycles. The molecular weight excluding hydrogens is 328 g/mol. The van der Waals surface area contributed by atoms with E-state index in [2.05, 4.69) is 41.9 Å². The van der Waals surface area contributed by atoms with E-state index in [0.29, 0.717) is 12.5 Å². The largest absolute Gasteiger partial charge is 0.335 e. The number of nitrogens with two attached hydrogens (primary N) is 1. The molecule has 1 fully saturated rings. The van der Waals surface area contributed by atoms with Gasteiger partial charge in [0.25, 0.3) is 0 Å². The van der Waals surface area contributed by atoms with E-state index in [1.807, 2.05) is 17.0 Å². The summed E-state index contributed by atoms with van der Waals surface area (Å²) >= 11 is 3.52. The van der Waals surface area contributed by atoms with Crippen molar-refractivity contribution in [3.05, 3.63) is 34.3 Å². The lowest BCUT2D eigenvalue weighted by Gasteiger charge is -2.29. The fraction of sp³-hybridized carbons (Fsp3) is 0.588. The lowest BCUT2D eigenvalue weighted by atomic mass is 9.95. The second kappa shape index (κ2) is 7.41.